The van der Waals surface area contributed by atoms with Gasteiger partial charge in [-0.15, -0.1) is 11.8 Å². The topological polar surface area (TPSA) is 107 Å². The molecule has 1 aliphatic rings. The molecule has 1 heterocycles. The van der Waals surface area contributed by atoms with Crippen LogP contribution in [0.2, 0.25) is 0 Å². The number of ether oxygens (including phenoxy) is 1. The van der Waals surface area contributed by atoms with Gasteiger partial charge in [0.25, 0.3) is 0 Å². The molecule has 2 N–H and O–H groups in total. The smallest absolute Gasteiger partial charge is 0.211 e. The van der Waals surface area contributed by atoms with Crippen molar-refractivity contribution in [2.45, 2.75) is 24.7 Å². The van der Waals surface area contributed by atoms with E-state index in [0.29, 0.717) is 0 Å². The number of nitrogens with two attached hydrogens (primary N) is 1. The van der Waals surface area contributed by atoms with Crippen LogP contribution in [0, 0.1) is 34.0 Å². The molecule has 0 saturated heterocycles. The van der Waals surface area contributed by atoms with Crippen LogP contribution < -0.4 is 5.73 Å². The Hall–Kier alpha value is -2.40. The average Bonchev–Trinajstić information content (AvgIpc) is 2.90. The molecular formula is C18H15BrN4OS. The number of benzene rings is 1. The Kier molecular flexibility index (Phi) is 6.15. The van der Waals surface area contributed by atoms with Crippen molar-refractivity contribution in [1.29, 1.82) is 15.8 Å². The summed E-state index contributed by atoms with van der Waals surface area (Å²) in [4.78, 5) is -1.17. The number of nitriles is 3. The maximum Gasteiger partial charge on any atom is 0.211 e. The highest BCUT2D eigenvalue weighted by molar-refractivity contribution is 9.10. The lowest BCUT2D eigenvalue weighted by molar-refractivity contribution is 0.134. The summed E-state index contributed by atoms with van der Waals surface area (Å²) in [6, 6.07) is 13.1. The summed E-state index contributed by atoms with van der Waals surface area (Å²) in [7, 11) is 0. The van der Waals surface area contributed by atoms with Crippen molar-refractivity contribution in [3.8, 4) is 18.2 Å². The Bertz CT molecular complexity index is 839. The first-order chi connectivity index (χ1) is 12.0. The zero-order chi connectivity index (χ0) is 18.4. The molecule has 0 fully saturated rings. The van der Waals surface area contributed by atoms with Crippen LogP contribution in [0.25, 0.3) is 0 Å². The second-order valence-corrected chi connectivity index (χ2v) is 7.44. The summed E-state index contributed by atoms with van der Waals surface area (Å²) in [5.74, 6) is 0.666. The van der Waals surface area contributed by atoms with Gasteiger partial charge in [-0.05, 0) is 24.3 Å². The first-order valence-corrected chi connectivity index (χ1v) is 9.36. The van der Waals surface area contributed by atoms with E-state index in [9.17, 15) is 15.8 Å². The molecule has 5 nitrogen and oxygen atoms in total. The van der Waals surface area contributed by atoms with Crippen LogP contribution in [0.15, 0.2) is 51.3 Å². The third-order valence-electron chi connectivity index (χ3n) is 3.69. The molecule has 0 aromatic heterocycles. The molecule has 1 aromatic carbocycles. The first kappa shape index (κ1) is 18.9. The van der Waals surface area contributed by atoms with Crippen molar-refractivity contribution in [3.05, 3.63) is 56.9 Å². The van der Waals surface area contributed by atoms with Crippen LogP contribution in [0.3, 0.4) is 0 Å². The van der Waals surface area contributed by atoms with Gasteiger partial charge in [0.05, 0.1) is 5.57 Å². The summed E-state index contributed by atoms with van der Waals surface area (Å²) < 4.78 is 6.83. The molecule has 0 radical (unpaired) electrons. The Labute approximate surface area is 159 Å². The minimum atomic E-state index is -1.17. The molecule has 0 amide bonds. The third kappa shape index (κ3) is 3.51. The van der Waals surface area contributed by atoms with Crippen LogP contribution in [-0.2, 0) is 9.67 Å². The van der Waals surface area contributed by atoms with Gasteiger partial charge in [-0.25, -0.2) is 0 Å². The van der Waals surface area contributed by atoms with E-state index in [1.165, 1.54) is 11.8 Å². The molecule has 0 aliphatic carbocycles. The highest BCUT2D eigenvalue weighted by Crippen LogP contribution is 2.53. The molecular weight excluding hydrogens is 400 g/mol. The van der Waals surface area contributed by atoms with Crippen molar-refractivity contribution < 1.29 is 4.74 Å². The van der Waals surface area contributed by atoms with E-state index in [2.05, 4.69) is 22.9 Å². The predicted octanol–water partition coefficient (Wildman–Crippen LogP) is 4.20. The SMILES string of the molecule is CCCCSC1(c2ccc(Br)cc2)OC(N)=C(C#N)C1=C(C#N)C#N. The monoisotopic (exact) mass is 414 g/mol. The number of rotatable bonds is 5. The molecule has 1 aromatic rings. The maximum atomic E-state index is 9.50. The lowest BCUT2D eigenvalue weighted by Gasteiger charge is -2.31. The van der Waals surface area contributed by atoms with Gasteiger partial charge in [-0.1, -0.05) is 41.4 Å². The van der Waals surface area contributed by atoms with Gasteiger partial charge >= 0.3 is 0 Å². The van der Waals surface area contributed by atoms with Gasteiger partial charge in [-0.3, -0.25) is 0 Å². The normalized spacial score (nSPS) is 18.9. The summed E-state index contributed by atoms with van der Waals surface area (Å²) in [6.07, 6.45) is 1.91. The number of halogens is 1. The number of hydrogen-bond donors (Lipinski definition) is 1. The molecule has 25 heavy (non-hydrogen) atoms. The van der Waals surface area contributed by atoms with Gasteiger partial charge in [0.15, 0.2) is 0 Å². The minimum absolute atomic E-state index is 0.0463. The zero-order valence-electron chi connectivity index (χ0n) is 13.5. The van der Waals surface area contributed by atoms with E-state index in [1.54, 1.807) is 0 Å². The van der Waals surface area contributed by atoms with Crippen LogP contribution in [0.1, 0.15) is 25.3 Å². The van der Waals surface area contributed by atoms with Crippen molar-refractivity contribution in [3.63, 3.8) is 0 Å². The van der Waals surface area contributed by atoms with Crippen molar-refractivity contribution in [1.82, 2.24) is 0 Å². The molecule has 1 atom stereocenters. The van der Waals surface area contributed by atoms with Gasteiger partial charge in [0, 0.05) is 10.0 Å². The Morgan fingerprint density at radius 1 is 1.24 bits per heavy atom. The molecule has 7 heteroatoms. The maximum absolute atomic E-state index is 9.50. The van der Waals surface area contributed by atoms with Crippen LogP contribution in [0.5, 0.6) is 0 Å². The lowest BCUT2D eigenvalue weighted by atomic mass is 9.93. The standard InChI is InChI=1S/C18H15BrN4OS/c1-2-3-8-25-18(13-4-6-14(19)7-5-13)16(12(9-20)10-21)15(11-22)17(23)24-18/h4-7H,2-3,8,23H2,1H3. The predicted molar refractivity (Wildman–Crippen MR) is 99.3 cm³/mol. The quantitative estimate of drug-likeness (QED) is 0.571. The average molecular weight is 415 g/mol. The number of unbranched alkanes of at least 4 members (excludes halogenated alkanes) is 1. The van der Waals surface area contributed by atoms with E-state index in [4.69, 9.17) is 10.5 Å². The van der Waals surface area contributed by atoms with Crippen molar-refractivity contribution in [2.24, 2.45) is 5.73 Å². The van der Waals surface area contributed by atoms with Crippen LogP contribution in [-0.4, -0.2) is 5.75 Å². The Morgan fingerprint density at radius 2 is 1.88 bits per heavy atom. The van der Waals surface area contributed by atoms with E-state index in [1.807, 2.05) is 42.5 Å². The molecule has 1 aliphatic heterocycles. The van der Waals surface area contributed by atoms with E-state index < -0.39 is 4.93 Å². The molecule has 1 unspecified atom stereocenters. The number of nitrogens with zero attached hydrogens (tertiary/aromatic N) is 3. The van der Waals surface area contributed by atoms with Crippen molar-refractivity contribution in [2.75, 3.05) is 5.75 Å². The fourth-order valence-corrected chi connectivity index (χ4v) is 4.28. The molecule has 2 rings (SSSR count). The van der Waals surface area contributed by atoms with Crippen LogP contribution >= 0.6 is 27.7 Å². The van der Waals surface area contributed by atoms with Gasteiger partial charge in [0.1, 0.15) is 29.4 Å². The first-order valence-electron chi connectivity index (χ1n) is 7.58. The number of allylic oxidation sites excluding steroid dienone is 1. The number of thioether (sulfide) groups is 1. The third-order valence-corrected chi connectivity index (χ3v) is 5.64. The van der Waals surface area contributed by atoms with Gasteiger partial charge in [0.2, 0.25) is 10.8 Å². The summed E-state index contributed by atoms with van der Waals surface area (Å²) in [5.41, 5.74) is 6.78. The highest BCUT2D eigenvalue weighted by atomic mass is 79.9. The Morgan fingerprint density at radius 3 is 2.40 bits per heavy atom. The van der Waals surface area contributed by atoms with Crippen LogP contribution in [0.4, 0.5) is 0 Å². The lowest BCUT2D eigenvalue weighted by Crippen LogP contribution is -2.26. The fourth-order valence-electron chi connectivity index (χ4n) is 2.50. The van der Waals surface area contributed by atoms with E-state index >= 15 is 0 Å². The highest BCUT2D eigenvalue weighted by Gasteiger charge is 2.49. The van der Waals surface area contributed by atoms with Gasteiger partial charge in [-0.2, -0.15) is 15.8 Å². The summed E-state index contributed by atoms with van der Waals surface area (Å²) >= 11 is 4.83. The van der Waals surface area contributed by atoms with E-state index in [0.717, 1.165) is 28.6 Å². The minimum Gasteiger partial charge on any atom is -0.452 e. The second kappa shape index (κ2) is 8.12. The zero-order valence-corrected chi connectivity index (χ0v) is 15.9. The van der Waals surface area contributed by atoms with Crippen molar-refractivity contribution >= 4 is 27.7 Å². The molecule has 0 saturated carbocycles. The molecule has 0 spiro atoms. The number of hydrogen-bond acceptors (Lipinski definition) is 6. The largest absolute Gasteiger partial charge is 0.452 e. The summed E-state index contributed by atoms with van der Waals surface area (Å²) in [5, 5.41) is 28.3. The molecule has 126 valence electrons. The van der Waals surface area contributed by atoms with Gasteiger partial charge < -0.3 is 10.5 Å². The fraction of sp³-hybridized carbons (Fsp3) is 0.278. The second-order valence-electron chi connectivity index (χ2n) is 5.25. The Balaban J connectivity index is 2.72. The molecule has 0 bridgehead atoms. The summed E-state index contributed by atoms with van der Waals surface area (Å²) in [6.45, 7) is 2.07. The van der Waals surface area contributed by atoms with E-state index in [-0.39, 0.29) is 22.6 Å².